The molecule has 0 amide bonds. The number of rotatable bonds is 8. The van der Waals surface area contributed by atoms with E-state index in [0.29, 0.717) is 6.61 Å². The summed E-state index contributed by atoms with van der Waals surface area (Å²) in [6.07, 6.45) is 8.36. The van der Waals surface area contributed by atoms with Gasteiger partial charge in [0.05, 0.1) is 19.2 Å². The fourth-order valence-corrected chi connectivity index (χ4v) is 4.27. The molecule has 0 unspecified atom stereocenters. The second kappa shape index (κ2) is 11.2. The fraction of sp³-hybridized carbons (Fsp3) is 0.407. The van der Waals surface area contributed by atoms with Crippen molar-refractivity contribution in [2.45, 2.75) is 51.9 Å². The Morgan fingerprint density at radius 2 is 1.94 bits per heavy atom. The summed E-state index contributed by atoms with van der Waals surface area (Å²) >= 11 is 0. The van der Waals surface area contributed by atoms with E-state index in [4.69, 9.17) is 16.6 Å². The Bertz CT molecular complexity index is 957. The van der Waals surface area contributed by atoms with Crippen molar-refractivity contribution in [1.29, 1.82) is 5.26 Å². The van der Waals surface area contributed by atoms with Crippen LogP contribution in [0.15, 0.2) is 48.2 Å². The van der Waals surface area contributed by atoms with Crippen molar-refractivity contribution >= 4 is 11.8 Å². The molecule has 4 nitrogen and oxygen atoms in total. The third kappa shape index (κ3) is 6.12. The van der Waals surface area contributed by atoms with Crippen LogP contribution in [0.25, 0.3) is 10.9 Å². The first-order valence-corrected chi connectivity index (χ1v) is 11.2. The molecule has 1 aliphatic carbocycles. The number of allylic oxidation sites excluding steroid dienone is 1. The largest absolute Gasteiger partial charge is 0.492 e. The quantitative estimate of drug-likeness (QED) is 0.356. The summed E-state index contributed by atoms with van der Waals surface area (Å²) in [7, 11) is 0. The third-order valence-corrected chi connectivity index (χ3v) is 6.11. The molecule has 31 heavy (non-hydrogen) atoms. The minimum absolute atomic E-state index is 0.103. The van der Waals surface area contributed by atoms with Crippen molar-refractivity contribution in [3.8, 4) is 11.8 Å². The first-order valence-electron chi connectivity index (χ1n) is 11.2. The van der Waals surface area contributed by atoms with Gasteiger partial charge in [0.2, 0.25) is 0 Å². The molecule has 3 rings (SSSR count). The SMILES string of the molecule is [C-]#[N+]/C(C#N)=C/c1ccc(N(CC)CCOc2ccc(C3CCCCC3)cc2)cc1C. The zero-order valence-electron chi connectivity index (χ0n) is 18.6. The summed E-state index contributed by atoms with van der Waals surface area (Å²) < 4.78 is 6.02. The lowest BCUT2D eigenvalue weighted by Crippen LogP contribution is -2.28. The van der Waals surface area contributed by atoms with Crippen LogP contribution >= 0.6 is 0 Å². The molecule has 0 aromatic heterocycles. The Hall–Kier alpha value is -3.24. The molecule has 0 N–H and O–H groups in total. The standard InChI is InChI=1S/C27H31N3O/c1-4-30(26-13-10-24(21(2)18-26)19-25(20-28)29-3)16-17-31-27-14-11-23(12-15-27)22-8-6-5-7-9-22/h10-15,18-19,22H,4-9,16-17H2,1-2H3/b25-19+. The smallest absolute Gasteiger partial charge is 0.262 e. The number of hydrogen-bond acceptors (Lipinski definition) is 3. The monoisotopic (exact) mass is 413 g/mol. The van der Waals surface area contributed by atoms with Crippen LogP contribution < -0.4 is 9.64 Å². The van der Waals surface area contributed by atoms with Crippen molar-refractivity contribution in [3.05, 3.63) is 76.3 Å². The Morgan fingerprint density at radius 1 is 1.19 bits per heavy atom. The summed E-state index contributed by atoms with van der Waals surface area (Å²) in [5, 5.41) is 8.98. The van der Waals surface area contributed by atoms with Gasteiger partial charge >= 0.3 is 0 Å². The molecule has 0 spiro atoms. The Labute approximate surface area is 186 Å². The number of hydrogen-bond donors (Lipinski definition) is 0. The molecule has 4 heteroatoms. The molecule has 2 aromatic rings. The van der Waals surface area contributed by atoms with E-state index in [2.05, 4.69) is 47.0 Å². The molecule has 0 saturated heterocycles. The molecule has 160 valence electrons. The van der Waals surface area contributed by atoms with E-state index < -0.39 is 0 Å². The number of benzene rings is 2. The third-order valence-electron chi connectivity index (χ3n) is 6.11. The van der Waals surface area contributed by atoms with Gasteiger partial charge in [-0.25, -0.2) is 10.1 Å². The zero-order chi connectivity index (χ0) is 22.1. The second-order valence-electron chi connectivity index (χ2n) is 8.13. The minimum Gasteiger partial charge on any atom is -0.492 e. The van der Waals surface area contributed by atoms with E-state index in [1.807, 2.05) is 25.1 Å². The van der Waals surface area contributed by atoms with Gasteiger partial charge in [0, 0.05) is 12.2 Å². The van der Waals surface area contributed by atoms with Gasteiger partial charge in [-0.1, -0.05) is 37.5 Å². The van der Waals surface area contributed by atoms with E-state index in [0.717, 1.165) is 41.6 Å². The van der Waals surface area contributed by atoms with Gasteiger partial charge in [-0.3, -0.25) is 0 Å². The molecule has 1 aliphatic rings. The van der Waals surface area contributed by atoms with Gasteiger partial charge in [0.25, 0.3) is 5.70 Å². The number of ether oxygens (including phenoxy) is 1. The number of nitrogens with zero attached hydrogens (tertiary/aromatic N) is 3. The Balaban J connectivity index is 1.57. The van der Waals surface area contributed by atoms with Crippen LogP contribution in [-0.2, 0) is 0 Å². The van der Waals surface area contributed by atoms with Gasteiger partial charge < -0.3 is 9.64 Å². The van der Waals surface area contributed by atoms with E-state index in [1.165, 1.54) is 37.7 Å². The van der Waals surface area contributed by atoms with Gasteiger partial charge in [0.1, 0.15) is 12.4 Å². The average molecular weight is 414 g/mol. The minimum atomic E-state index is 0.103. The van der Waals surface area contributed by atoms with Crippen molar-refractivity contribution < 1.29 is 4.74 Å². The molecular formula is C27H31N3O. The highest BCUT2D eigenvalue weighted by Crippen LogP contribution is 2.33. The molecule has 1 saturated carbocycles. The zero-order valence-corrected chi connectivity index (χ0v) is 18.6. The lowest BCUT2D eigenvalue weighted by molar-refractivity contribution is 0.324. The first-order chi connectivity index (χ1) is 15.1. The van der Waals surface area contributed by atoms with E-state index in [-0.39, 0.29) is 5.70 Å². The van der Waals surface area contributed by atoms with Crippen molar-refractivity contribution in [2.24, 2.45) is 0 Å². The summed E-state index contributed by atoms with van der Waals surface area (Å²) in [6, 6.07) is 16.7. The lowest BCUT2D eigenvalue weighted by atomic mass is 9.84. The number of aryl methyl sites for hydroxylation is 1. The molecule has 0 bridgehead atoms. The van der Waals surface area contributed by atoms with Crippen molar-refractivity contribution in [2.75, 3.05) is 24.6 Å². The van der Waals surface area contributed by atoms with Crippen LogP contribution in [0, 0.1) is 24.8 Å². The molecule has 0 atom stereocenters. The maximum atomic E-state index is 8.98. The summed E-state index contributed by atoms with van der Waals surface area (Å²) in [6.45, 7) is 13.5. The molecular weight excluding hydrogens is 382 g/mol. The highest BCUT2D eigenvalue weighted by molar-refractivity contribution is 5.65. The summed E-state index contributed by atoms with van der Waals surface area (Å²) in [5.74, 6) is 1.65. The van der Waals surface area contributed by atoms with Gasteiger partial charge in [-0.05, 0) is 79.6 Å². The number of nitriles is 1. The lowest BCUT2D eigenvalue weighted by Gasteiger charge is -2.24. The summed E-state index contributed by atoms with van der Waals surface area (Å²) in [4.78, 5) is 5.52. The van der Waals surface area contributed by atoms with E-state index in [1.54, 1.807) is 6.08 Å². The van der Waals surface area contributed by atoms with Crippen molar-refractivity contribution in [1.82, 2.24) is 0 Å². The maximum absolute atomic E-state index is 8.98. The Morgan fingerprint density at radius 3 is 2.55 bits per heavy atom. The number of likely N-dealkylation sites (N-methyl/N-ethyl adjacent to an activating group) is 1. The predicted octanol–water partition coefficient (Wildman–Crippen LogP) is 6.73. The first kappa shape index (κ1) is 22.4. The van der Waals surface area contributed by atoms with E-state index in [9.17, 15) is 0 Å². The molecule has 1 fully saturated rings. The van der Waals surface area contributed by atoms with Crippen molar-refractivity contribution in [3.63, 3.8) is 0 Å². The van der Waals surface area contributed by atoms with Crippen LogP contribution in [0.2, 0.25) is 0 Å². The van der Waals surface area contributed by atoms with Crippen LogP contribution in [0.5, 0.6) is 5.75 Å². The molecule has 2 aromatic carbocycles. The number of anilines is 1. The van der Waals surface area contributed by atoms with E-state index >= 15 is 0 Å². The average Bonchev–Trinajstić information content (AvgIpc) is 2.82. The van der Waals surface area contributed by atoms with Gasteiger partial charge in [0.15, 0.2) is 0 Å². The summed E-state index contributed by atoms with van der Waals surface area (Å²) in [5.41, 5.74) is 4.62. The van der Waals surface area contributed by atoms with Crippen LogP contribution in [0.1, 0.15) is 61.6 Å². The van der Waals surface area contributed by atoms with Crippen LogP contribution in [0.4, 0.5) is 5.69 Å². The van der Waals surface area contributed by atoms with Crippen LogP contribution in [-0.4, -0.2) is 19.7 Å². The normalized spacial score (nSPS) is 14.5. The second-order valence-corrected chi connectivity index (χ2v) is 8.13. The molecule has 0 heterocycles. The van der Waals surface area contributed by atoms with Gasteiger partial charge in [-0.2, -0.15) is 0 Å². The molecule has 0 radical (unpaired) electrons. The topological polar surface area (TPSA) is 40.6 Å². The van der Waals surface area contributed by atoms with Crippen LogP contribution in [0.3, 0.4) is 0 Å². The fourth-order valence-electron chi connectivity index (χ4n) is 4.27. The maximum Gasteiger partial charge on any atom is 0.262 e. The Kier molecular flexibility index (Phi) is 8.13. The molecule has 0 aliphatic heterocycles. The van der Waals surface area contributed by atoms with Gasteiger partial charge in [-0.15, -0.1) is 0 Å². The highest BCUT2D eigenvalue weighted by Gasteiger charge is 2.15. The predicted molar refractivity (Wildman–Crippen MR) is 127 cm³/mol. The highest BCUT2D eigenvalue weighted by atomic mass is 16.5.